The van der Waals surface area contributed by atoms with E-state index in [1.807, 2.05) is 0 Å². The first-order valence-corrected chi connectivity index (χ1v) is 3.33. The van der Waals surface area contributed by atoms with Gasteiger partial charge in [0.1, 0.15) is 6.61 Å². The predicted molar refractivity (Wildman–Crippen MR) is 44.1 cm³/mol. The van der Waals surface area contributed by atoms with Crippen LogP contribution in [-0.2, 0) is 0 Å². The number of aromatic hydroxyl groups is 2. The maximum atomic E-state index is 9.16. The highest BCUT2D eigenvalue weighted by Crippen LogP contribution is 2.34. The van der Waals surface area contributed by atoms with Crippen molar-refractivity contribution in [2.45, 2.75) is 0 Å². The van der Waals surface area contributed by atoms with Gasteiger partial charge in [0.2, 0.25) is 5.75 Å². The first-order valence-electron chi connectivity index (χ1n) is 3.33. The lowest BCUT2D eigenvalue weighted by molar-refractivity contribution is 0.318. The molecule has 0 radical (unpaired) electrons. The molecule has 1 rings (SSSR count). The highest BCUT2D eigenvalue weighted by atomic mass is 16.5. The van der Waals surface area contributed by atoms with Crippen LogP contribution in [0.2, 0.25) is 0 Å². The van der Waals surface area contributed by atoms with Crippen LogP contribution in [0.5, 0.6) is 17.2 Å². The van der Waals surface area contributed by atoms with Crippen LogP contribution in [0.3, 0.4) is 0 Å². The Labute approximate surface area is 70.2 Å². The molecule has 0 aliphatic carbocycles. The van der Waals surface area contributed by atoms with Gasteiger partial charge < -0.3 is 14.9 Å². The summed E-state index contributed by atoms with van der Waals surface area (Å²) in [5.74, 6) is 2.01. The molecule has 1 aromatic carbocycles. The number of hydrogen-bond donors (Lipinski definition) is 2. The number of phenols is 2. The fourth-order valence-corrected chi connectivity index (χ4v) is 0.775. The van der Waals surface area contributed by atoms with Crippen LogP contribution in [0.15, 0.2) is 18.2 Å². The molecule has 62 valence electrons. The van der Waals surface area contributed by atoms with Crippen molar-refractivity contribution < 1.29 is 14.9 Å². The van der Waals surface area contributed by atoms with Gasteiger partial charge in [0.15, 0.2) is 11.5 Å². The lowest BCUT2D eigenvalue weighted by Crippen LogP contribution is -1.93. The second kappa shape index (κ2) is 3.54. The number of phenolic OH excluding ortho intramolecular Hbond substituents is 2. The molecular formula is C9H8O3. The summed E-state index contributed by atoms with van der Waals surface area (Å²) in [7, 11) is 0. The SMILES string of the molecule is C#CCOc1c(O)cccc1O. The second-order valence-electron chi connectivity index (χ2n) is 2.12. The van der Waals surface area contributed by atoms with Gasteiger partial charge in [0.25, 0.3) is 0 Å². The zero-order valence-corrected chi connectivity index (χ0v) is 6.32. The Morgan fingerprint density at radius 2 is 1.92 bits per heavy atom. The third kappa shape index (κ3) is 1.61. The van der Waals surface area contributed by atoms with Crippen molar-refractivity contribution in [3.05, 3.63) is 18.2 Å². The number of hydrogen-bond acceptors (Lipinski definition) is 3. The molecule has 0 amide bonds. The molecule has 0 saturated carbocycles. The van der Waals surface area contributed by atoms with Crippen LogP contribution in [0.25, 0.3) is 0 Å². The second-order valence-corrected chi connectivity index (χ2v) is 2.12. The van der Waals surface area contributed by atoms with Gasteiger partial charge in [-0.05, 0) is 12.1 Å². The van der Waals surface area contributed by atoms with Crippen LogP contribution >= 0.6 is 0 Å². The molecule has 0 spiro atoms. The first kappa shape index (κ1) is 8.28. The lowest BCUT2D eigenvalue weighted by atomic mass is 10.3. The van der Waals surface area contributed by atoms with E-state index in [4.69, 9.17) is 21.4 Å². The third-order valence-corrected chi connectivity index (χ3v) is 1.27. The Bertz CT molecular complexity index is 292. The van der Waals surface area contributed by atoms with Crippen LogP contribution < -0.4 is 4.74 Å². The summed E-state index contributed by atoms with van der Waals surface area (Å²) in [6.07, 6.45) is 4.94. The van der Waals surface area contributed by atoms with Crippen molar-refractivity contribution in [3.8, 4) is 29.6 Å². The molecular weight excluding hydrogens is 156 g/mol. The summed E-state index contributed by atoms with van der Waals surface area (Å²) in [6.45, 7) is 0.0190. The number of rotatable bonds is 2. The van der Waals surface area contributed by atoms with Gasteiger partial charge in [0.05, 0.1) is 0 Å². The van der Waals surface area contributed by atoms with Gasteiger partial charge in [-0.1, -0.05) is 12.0 Å². The van der Waals surface area contributed by atoms with Crippen molar-refractivity contribution in [3.63, 3.8) is 0 Å². The largest absolute Gasteiger partial charge is 0.504 e. The molecule has 1 aromatic rings. The Hall–Kier alpha value is -1.82. The summed E-state index contributed by atoms with van der Waals surface area (Å²) in [4.78, 5) is 0. The molecule has 3 nitrogen and oxygen atoms in total. The van der Waals surface area contributed by atoms with E-state index in [1.165, 1.54) is 18.2 Å². The van der Waals surface area contributed by atoms with Crippen molar-refractivity contribution in [2.75, 3.05) is 6.61 Å². The molecule has 0 bridgehead atoms. The van der Waals surface area contributed by atoms with Gasteiger partial charge in [-0.2, -0.15) is 0 Å². The van der Waals surface area contributed by atoms with E-state index >= 15 is 0 Å². The van der Waals surface area contributed by atoms with E-state index in [2.05, 4.69) is 5.92 Å². The van der Waals surface area contributed by atoms with Gasteiger partial charge in [-0.25, -0.2) is 0 Å². The topological polar surface area (TPSA) is 49.7 Å². The Kier molecular flexibility index (Phi) is 2.44. The van der Waals surface area contributed by atoms with E-state index < -0.39 is 0 Å². The van der Waals surface area contributed by atoms with E-state index in [0.717, 1.165) is 0 Å². The highest BCUT2D eigenvalue weighted by Gasteiger charge is 2.06. The standard InChI is InChI=1S/C9H8O3/c1-2-6-12-9-7(10)4-3-5-8(9)11/h1,3-5,10-11H,6H2. The molecule has 0 aliphatic heterocycles. The van der Waals surface area contributed by atoms with Gasteiger partial charge in [0, 0.05) is 0 Å². The van der Waals surface area contributed by atoms with E-state index in [-0.39, 0.29) is 23.9 Å². The fourth-order valence-electron chi connectivity index (χ4n) is 0.775. The Balaban J connectivity index is 2.90. The van der Waals surface area contributed by atoms with Crippen LogP contribution in [0, 0.1) is 12.3 Å². The number of ether oxygens (including phenoxy) is 1. The van der Waals surface area contributed by atoms with Crippen molar-refractivity contribution >= 4 is 0 Å². The summed E-state index contributed by atoms with van der Waals surface area (Å²) in [5.41, 5.74) is 0. The molecule has 3 heteroatoms. The van der Waals surface area contributed by atoms with Crippen molar-refractivity contribution in [1.82, 2.24) is 0 Å². The minimum Gasteiger partial charge on any atom is -0.504 e. The fraction of sp³-hybridized carbons (Fsp3) is 0.111. The minimum atomic E-state index is -0.120. The van der Waals surface area contributed by atoms with E-state index in [9.17, 15) is 0 Å². The van der Waals surface area contributed by atoms with Crippen LogP contribution in [0.1, 0.15) is 0 Å². The molecule has 2 N–H and O–H groups in total. The average Bonchev–Trinajstić information content (AvgIpc) is 2.04. The van der Waals surface area contributed by atoms with Crippen LogP contribution in [-0.4, -0.2) is 16.8 Å². The monoisotopic (exact) mass is 164 g/mol. The molecule has 0 heterocycles. The summed E-state index contributed by atoms with van der Waals surface area (Å²) in [5, 5.41) is 18.3. The molecule has 0 atom stereocenters. The van der Waals surface area contributed by atoms with E-state index in [0.29, 0.717) is 0 Å². The quantitative estimate of drug-likeness (QED) is 0.644. The minimum absolute atomic E-state index is 0.0190. The van der Waals surface area contributed by atoms with E-state index in [1.54, 1.807) is 0 Å². The Morgan fingerprint density at radius 1 is 1.33 bits per heavy atom. The van der Waals surface area contributed by atoms with Gasteiger partial charge in [-0.3, -0.25) is 0 Å². The summed E-state index contributed by atoms with van der Waals surface area (Å²) in [6, 6.07) is 4.32. The van der Waals surface area contributed by atoms with Crippen LogP contribution in [0.4, 0.5) is 0 Å². The molecule has 0 saturated heterocycles. The predicted octanol–water partition coefficient (Wildman–Crippen LogP) is 1.11. The summed E-state index contributed by atoms with van der Waals surface area (Å²) < 4.78 is 4.88. The van der Waals surface area contributed by atoms with Crippen molar-refractivity contribution in [2.24, 2.45) is 0 Å². The zero-order valence-electron chi connectivity index (χ0n) is 6.32. The highest BCUT2D eigenvalue weighted by molar-refractivity contribution is 5.49. The number of terminal acetylenes is 1. The number of benzene rings is 1. The summed E-state index contributed by atoms with van der Waals surface area (Å²) >= 11 is 0. The first-order chi connectivity index (χ1) is 5.75. The molecule has 0 unspecified atom stereocenters. The van der Waals surface area contributed by atoms with Gasteiger partial charge in [-0.15, -0.1) is 6.42 Å². The molecule has 0 aliphatic rings. The lowest BCUT2D eigenvalue weighted by Gasteiger charge is -2.05. The number of para-hydroxylation sites is 1. The smallest absolute Gasteiger partial charge is 0.204 e. The maximum Gasteiger partial charge on any atom is 0.204 e. The normalized spacial score (nSPS) is 8.92. The maximum absolute atomic E-state index is 9.16. The van der Waals surface area contributed by atoms with Crippen molar-refractivity contribution in [1.29, 1.82) is 0 Å². The Morgan fingerprint density at radius 3 is 2.42 bits per heavy atom. The van der Waals surface area contributed by atoms with Gasteiger partial charge >= 0.3 is 0 Å². The third-order valence-electron chi connectivity index (χ3n) is 1.27. The zero-order chi connectivity index (χ0) is 8.97. The average molecular weight is 164 g/mol. The molecule has 0 aromatic heterocycles. The molecule has 12 heavy (non-hydrogen) atoms. The molecule has 0 fully saturated rings.